The predicted octanol–water partition coefficient (Wildman–Crippen LogP) is 2.88. The van der Waals surface area contributed by atoms with Crippen LogP contribution in [0.2, 0.25) is 0 Å². The Hall–Kier alpha value is -2.44. The van der Waals surface area contributed by atoms with Crippen molar-refractivity contribution >= 4 is 16.9 Å². The highest BCUT2D eigenvalue weighted by molar-refractivity contribution is 6.05. The molecule has 2 aromatic heterocycles. The zero-order valence-corrected chi connectivity index (χ0v) is 18.0. The molecular weight excluding hydrogens is 380 g/mol. The Balaban J connectivity index is 1.67. The number of rotatable bonds is 7. The number of hydrogen-bond donors (Lipinski definition) is 1. The molecule has 2 aromatic rings. The molecule has 0 saturated heterocycles. The molecule has 0 bridgehead atoms. The monoisotopic (exact) mass is 410 g/mol. The quantitative estimate of drug-likeness (QED) is 0.760. The molecule has 1 N–H and O–H groups in total. The van der Waals surface area contributed by atoms with Gasteiger partial charge in [-0.1, -0.05) is 13.8 Å². The first kappa shape index (κ1) is 19.5. The van der Waals surface area contributed by atoms with Gasteiger partial charge in [0.25, 0.3) is 11.5 Å². The van der Waals surface area contributed by atoms with Gasteiger partial charge in [0.1, 0.15) is 0 Å². The normalized spacial score (nSPS) is 19.1. The topological polar surface area (TPSA) is 88.1 Å². The van der Waals surface area contributed by atoms with Gasteiger partial charge in [0, 0.05) is 31.2 Å². The lowest BCUT2D eigenvalue weighted by molar-refractivity contribution is 0.0691. The summed E-state index contributed by atoms with van der Waals surface area (Å²) in [5, 5.41) is 0.252. The van der Waals surface area contributed by atoms with Crippen molar-refractivity contribution in [2.24, 2.45) is 17.8 Å². The second kappa shape index (κ2) is 7.06. The van der Waals surface area contributed by atoms with Crippen molar-refractivity contribution < 1.29 is 4.79 Å². The zero-order valence-electron chi connectivity index (χ0n) is 18.0. The van der Waals surface area contributed by atoms with E-state index in [1.54, 1.807) is 0 Å². The van der Waals surface area contributed by atoms with Gasteiger partial charge in [0.05, 0.1) is 10.9 Å². The molecule has 3 saturated carbocycles. The largest absolute Gasteiger partial charge is 0.338 e. The van der Waals surface area contributed by atoms with Crippen molar-refractivity contribution in [3.8, 4) is 0 Å². The SMILES string of the molecule is CC(C)Cn1c(=O)[nH]c(=O)c2c(C(=O)N(C)C(C3CC3)C3CC3)cc(C3CC3)nc21. The highest BCUT2D eigenvalue weighted by atomic mass is 16.2. The van der Waals surface area contributed by atoms with Crippen LogP contribution in [0.3, 0.4) is 0 Å². The van der Waals surface area contributed by atoms with Crippen molar-refractivity contribution in [1.82, 2.24) is 19.4 Å². The van der Waals surface area contributed by atoms with E-state index in [0.717, 1.165) is 18.5 Å². The Morgan fingerprint density at radius 2 is 1.80 bits per heavy atom. The lowest BCUT2D eigenvalue weighted by atomic mass is 10.0. The van der Waals surface area contributed by atoms with Crippen LogP contribution in [0.5, 0.6) is 0 Å². The number of nitrogens with zero attached hydrogens (tertiary/aromatic N) is 3. The molecule has 0 aliphatic heterocycles. The lowest BCUT2D eigenvalue weighted by Crippen LogP contribution is -2.41. The fourth-order valence-corrected chi connectivity index (χ4v) is 4.80. The number of aromatic amines is 1. The highest BCUT2D eigenvalue weighted by Crippen LogP contribution is 2.47. The van der Waals surface area contributed by atoms with Crippen LogP contribution < -0.4 is 11.2 Å². The van der Waals surface area contributed by atoms with E-state index in [1.165, 1.54) is 30.3 Å². The standard InChI is InChI=1S/C23H30N4O3/c1-12(2)11-27-20-18(21(28)25-23(27)30)16(10-17(24-20)13-4-5-13)22(29)26(3)19(14-6-7-14)15-8-9-15/h10,12-15,19H,4-9,11H2,1-3H3,(H,25,28,30). The number of pyridine rings is 1. The Kier molecular flexibility index (Phi) is 4.60. The van der Waals surface area contributed by atoms with E-state index in [2.05, 4.69) is 4.98 Å². The third kappa shape index (κ3) is 3.48. The van der Waals surface area contributed by atoms with Gasteiger partial charge >= 0.3 is 5.69 Å². The van der Waals surface area contributed by atoms with Gasteiger partial charge in [-0.15, -0.1) is 0 Å². The molecule has 3 aliphatic rings. The summed E-state index contributed by atoms with van der Waals surface area (Å²) in [4.78, 5) is 48.2. The van der Waals surface area contributed by atoms with Gasteiger partial charge in [-0.25, -0.2) is 9.78 Å². The number of hydrogen-bond acceptors (Lipinski definition) is 4. The summed E-state index contributed by atoms with van der Waals surface area (Å²) in [6.45, 7) is 4.48. The van der Waals surface area contributed by atoms with E-state index in [9.17, 15) is 14.4 Å². The summed E-state index contributed by atoms with van der Waals surface area (Å²) in [6, 6.07) is 2.07. The number of carbonyl (C=O) groups excluding carboxylic acids is 1. The molecule has 0 unspecified atom stereocenters. The molecule has 3 fully saturated rings. The Labute approximate surface area is 175 Å². The van der Waals surface area contributed by atoms with Gasteiger partial charge < -0.3 is 4.90 Å². The maximum atomic E-state index is 13.7. The first-order valence-electron chi connectivity index (χ1n) is 11.3. The second-order valence-corrected chi connectivity index (χ2v) is 9.91. The number of H-pyrrole nitrogens is 1. The number of nitrogens with one attached hydrogen (secondary N) is 1. The second-order valence-electron chi connectivity index (χ2n) is 9.91. The maximum absolute atomic E-state index is 13.7. The third-order valence-electron chi connectivity index (χ3n) is 6.72. The third-order valence-corrected chi connectivity index (χ3v) is 6.72. The van der Waals surface area contributed by atoms with Gasteiger partial charge in [-0.05, 0) is 62.3 Å². The van der Waals surface area contributed by atoms with Crippen molar-refractivity contribution in [3.63, 3.8) is 0 Å². The minimum Gasteiger partial charge on any atom is -0.338 e. The average Bonchev–Trinajstić information content (AvgIpc) is 3.55. The maximum Gasteiger partial charge on any atom is 0.330 e. The number of fused-ring (bicyclic) bond motifs is 1. The molecule has 0 aromatic carbocycles. The van der Waals surface area contributed by atoms with Gasteiger partial charge in [-0.2, -0.15) is 0 Å². The molecule has 7 nitrogen and oxygen atoms in total. The Morgan fingerprint density at radius 1 is 1.17 bits per heavy atom. The van der Waals surface area contributed by atoms with Crippen molar-refractivity contribution in [1.29, 1.82) is 0 Å². The summed E-state index contributed by atoms with van der Waals surface area (Å²) in [7, 11) is 1.88. The van der Waals surface area contributed by atoms with Gasteiger partial charge in [-0.3, -0.25) is 19.1 Å². The molecule has 2 heterocycles. The molecule has 3 aliphatic carbocycles. The minimum absolute atomic E-state index is 0.117. The fourth-order valence-electron chi connectivity index (χ4n) is 4.80. The molecule has 0 spiro atoms. The van der Waals surface area contributed by atoms with Crippen LogP contribution >= 0.6 is 0 Å². The highest BCUT2D eigenvalue weighted by Gasteiger charge is 2.45. The Morgan fingerprint density at radius 3 is 2.33 bits per heavy atom. The predicted molar refractivity (Wildman–Crippen MR) is 115 cm³/mol. The van der Waals surface area contributed by atoms with Crippen LogP contribution in [0.25, 0.3) is 11.0 Å². The van der Waals surface area contributed by atoms with Crippen molar-refractivity contribution in [2.75, 3.05) is 7.05 Å². The van der Waals surface area contributed by atoms with Crippen LogP contribution in [0.15, 0.2) is 15.7 Å². The minimum atomic E-state index is -0.518. The zero-order chi connectivity index (χ0) is 21.2. The molecule has 5 rings (SSSR count). The van der Waals surface area contributed by atoms with E-state index >= 15 is 0 Å². The number of carbonyl (C=O) groups is 1. The molecule has 7 heteroatoms. The summed E-state index contributed by atoms with van der Waals surface area (Å²) in [6.07, 6.45) is 6.78. The van der Waals surface area contributed by atoms with Crippen molar-refractivity contribution in [2.45, 2.75) is 70.9 Å². The molecule has 30 heavy (non-hydrogen) atoms. The molecule has 0 atom stereocenters. The molecule has 1 amide bonds. The first-order chi connectivity index (χ1) is 14.3. The van der Waals surface area contributed by atoms with Crippen LogP contribution in [0, 0.1) is 17.8 Å². The summed E-state index contributed by atoms with van der Waals surface area (Å²) in [5.74, 6) is 1.57. The van der Waals surface area contributed by atoms with E-state index in [4.69, 9.17) is 4.98 Å². The first-order valence-corrected chi connectivity index (χ1v) is 11.3. The van der Waals surface area contributed by atoms with E-state index in [0.29, 0.717) is 35.5 Å². The summed E-state index contributed by atoms with van der Waals surface area (Å²) in [5.41, 5.74) is 0.608. The molecule has 0 radical (unpaired) electrons. The molecule has 160 valence electrons. The lowest BCUT2D eigenvalue weighted by Gasteiger charge is -2.29. The van der Waals surface area contributed by atoms with Crippen LogP contribution in [-0.4, -0.2) is 38.4 Å². The van der Waals surface area contributed by atoms with E-state index in [1.807, 2.05) is 31.9 Å². The molecular formula is C23H30N4O3. The van der Waals surface area contributed by atoms with Crippen LogP contribution in [0.4, 0.5) is 0 Å². The van der Waals surface area contributed by atoms with Crippen molar-refractivity contribution in [3.05, 3.63) is 38.2 Å². The average molecular weight is 411 g/mol. The smallest absolute Gasteiger partial charge is 0.330 e. The van der Waals surface area contributed by atoms with Crippen LogP contribution in [0.1, 0.15) is 74.3 Å². The number of amides is 1. The van der Waals surface area contributed by atoms with E-state index < -0.39 is 11.2 Å². The van der Waals surface area contributed by atoms with Gasteiger partial charge in [0.15, 0.2) is 5.65 Å². The van der Waals surface area contributed by atoms with Crippen LogP contribution in [-0.2, 0) is 6.54 Å². The summed E-state index contributed by atoms with van der Waals surface area (Å²) < 4.78 is 1.53. The van der Waals surface area contributed by atoms with Gasteiger partial charge in [0.2, 0.25) is 0 Å². The fraction of sp³-hybridized carbons (Fsp3) is 0.652. The Bertz CT molecular complexity index is 1110. The summed E-state index contributed by atoms with van der Waals surface area (Å²) >= 11 is 0. The number of aromatic nitrogens is 3. The van der Waals surface area contributed by atoms with E-state index in [-0.39, 0.29) is 23.3 Å².